The van der Waals surface area contributed by atoms with E-state index in [-0.39, 0.29) is 0 Å². The Morgan fingerprint density at radius 2 is 2.19 bits per heavy atom. The summed E-state index contributed by atoms with van der Waals surface area (Å²) in [7, 11) is 0. The van der Waals surface area contributed by atoms with Crippen LogP contribution in [0.5, 0.6) is 0 Å². The minimum Gasteiger partial charge on any atom is -0.369 e. The Labute approximate surface area is 103 Å². The van der Waals surface area contributed by atoms with E-state index < -0.39 is 0 Å². The van der Waals surface area contributed by atoms with Gasteiger partial charge in [0.15, 0.2) is 0 Å². The van der Waals surface area contributed by atoms with Crippen molar-refractivity contribution in [2.24, 2.45) is 0 Å². The molecular weight excluding hydrogens is 266 g/mol. The van der Waals surface area contributed by atoms with Gasteiger partial charge in [-0.15, -0.1) is 0 Å². The van der Waals surface area contributed by atoms with Crippen LogP contribution in [0.4, 0.5) is 5.82 Å². The Kier molecular flexibility index (Phi) is 3.72. The van der Waals surface area contributed by atoms with Crippen molar-refractivity contribution in [3.63, 3.8) is 0 Å². The van der Waals surface area contributed by atoms with Crippen molar-refractivity contribution in [2.75, 3.05) is 11.9 Å². The highest BCUT2D eigenvalue weighted by Crippen LogP contribution is 2.25. The van der Waals surface area contributed by atoms with E-state index in [2.05, 4.69) is 38.1 Å². The molecule has 0 saturated heterocycles. The number of unbranched alkanes of at least 4 members (excludes halogenated alkanes) is 1. The van der Waals surface area contributed by atoms with Crippen LogP contribution < -0.4 is 5.32 Å². The predicted octanol–water partition coefficient (Wildman–Crippen LogP) is 3.60. The molecule has 0 spiro atoms. The molecule has 0 amide bonds. The van der Waals surface area contributed by atoms with Crippen molar-refractivity contribution in [3.05, 3.63) is 29.0 Å². The number of nitrogens with one attached hydrogen (secondary N) is 1. The predicted molar refractivity (Wildman–Crippen MR) is 70.6 cm³/mol. The Bertz CT molecular complexity index is 485. The third kappa shape index (κ3) is 2.32. The first kappa shape index (κ1) is 11.3. The molecule has 16 heavy (non-hydrogen) atoms. The van der Waals surface area contributed by atoms with E-state index in [0.29, 0.717) is 0 Å². The average Bonchev–Trinajstić information content (AvgIpc) is 2.31. The number of halogens is 1. The van der Waals surface area contributed by atoms with E-state index in [9.17, 15) is 0 Å². The zero-order chi connectivity index (χ0) is 11.4. The lowest BCUT2D eigenvalue weighted by Gasteiger charge is -2.07. The molecule has 0 atom stereocenters. The fourth-order valence-electron chi connectivity index (χ4n) is 1.58. The van der Waals surface area contributed by atoms with Gasteiger partial charge in [0.25, 0.3) is 0 Å². The molecule has 0 fully saturated rings. The van der Waals surface area contributed by atoms with Crippen LogP contribution in [0.3, 0.4) is 0 Å². The summed E-state index contributed by atoms with van der Waals surface area (Å²) in [5.41, 5.74) is 0.955. The molecule has 0 aliphatic rings. The SMILES string of the molecule is CCCCNc1ncnc2c(Br)cccc12. The second kappa shape index (κ2) is 5.25. The van der Waals surface area contributed by atoms with Crippen molar-refractivity contribution < 1.29 is 0 Å². The summed E-state index contributed by atoms with van der Waals surface area (Å²) in [6.07, 6.45) is 3.93. The molecule has 0 aliphatic carbocycles. The van der Waals surface area contributed by atoms with E-state index in [1.807, 2.05) is 18.2 Å². The number of benzene rings is 1. The summed E-state index contributed by atoms with van der Waals surface area (Å²) in [5, 5.41) is 4.41. The first-order valence-corrected chi connectivity index (χ1v) is 6.25. The highest BCUT2D eigenvalue weighted by atomic mass is 79.9. The van der Waals surface area contributed by atoms with E-state index in [1.54, 1.807) is 6.33 Å². The zero-order valence-electron chi connectivity index (χ0n) is 9.20. The summed E-state index contributed by atoms with van der Waals surface area (Å²) in [4.78, 5) is 8.55. The largest absolute Gasteiger partial charge is 0.369 e. The quantitative estimate of drug-likeness (QED) is 0.869. The fourth-order valence-corrected chi connectivity index (χ4v) is 2.04. The second-order valence-electron chi connectivity index (χ2n) is 3.64. The number of para-hydroxylation sites is 1. The van der Waals surface area contributed by atoms with Gasteiger partial charge in [-0.3, -0.25) is 0 Å². The van der Waals surface area contributed by atoms with Gasteiger partial charge in [-0.2, -0.15) is 0 Å². The number of aromatic nitrogens is 2. The van der Waals surface area contributed by atoms with Gasteiger partial charge >= 0.3 is 0 Å². The molecule has 4 heteroatoms. The van der Waals surface area contributed by atoms with Gasteiger partial charge in [0, 0.05) is 16.4 Å². The molecule has 0 saturated carbocycles. The lowest BCUT2D eigenvalue weighted by atomic mass is 10.2. The average molecular weight is 280 g/mol. The van der Waals surface area contributed by atoms with Gasteiger partial charge in [0.2, 0.25) is 0 Å². The van der Waals surface area contributed by atoms with Crippen LogP contribution in [-0.4, -0.2) is 16.5 Å². The van der Waals surface area contributed by atoms with Crippen molar-refractivity contribution in [1.82, 2.24) is 9.97 Å². The van der Waals surface area contributed by atoms with Crippen molar-refractivity contribution >= 4 is 32.7 Å². The van der Waals surface area contributed by atoms with Gasteiger partial charge in [0.05, 0.1) is 5.52 Å². The molecule has 1 aromatic heterocycles. The fraction of sp³-hybridized carbons (Fsp3) is 0.333. The normalized spacial score (nSPS) is 10.6. The molecule has 1 N–H and O–H groups in total. The number of fused-ring (bicyclic) bond motifs is 1. The third-order valence-electron chi connectivity index (χ3n) is 2.44. The van der Waals surface area contributed by atoms with E-state index in [4.69, 9.17) is 0 Å². The highest BCUT2D eigenvalue weighted by molar-refractivity contribution is 9.10. The molecule has 1 aromatic carbocycles. The lowest BCUT2D eigenvalue weighted by molar-refractivity contribution is 0.831. The highest BCUT2D eigenvalue weighted by Gasteiger charge is 2.04. The van der Waals surface area contributed by atoms with Crippen molar-refractivity contribution in [1.29, 1.82) is 0 Å². The smallest absolute Gasteiger partial charge is 0.137 e. The molecule has 2 rings (SSSR count). The van der Waals surface area contributed by atoms with Crippen LogP contribution in [0.15, 0.2) is 29.0 Å². The summed E-state index contributed by atoms with van der Waals surface area (Å²) < 4.78 is 1.01. The standard InChI is InChI=1S/C12H14BrN3/c1-2-3-7-14-12-9-5-4-6-10(13)11(9)15-8-16-12/h4-6,8H,2-3,7H2,1H3,(H,14,15,16). The minimum absolute atomic E-state index is 0.916. The van der Waals surface area contributed by atoms with Crippen LogP contribution in [0.25, 0.3) is 10.9 Å². The Hall–Kier alpha value is -1.16. The Morgan fingerprint density at radius 3 is 3.00 bits per heavy atom. The third-order valence-corrected chi connectivity index (χ3v) is 3.08. The summed E-state index contributed by atoms with van der Waals surface area (Å²) >= 11 is 3.49. The molecule has 0 aliphatic heterocycles. The molecule has 0 radical (unpaired) electrons. The monoisotopic (exact) mass is 279 g/mol. The van der Waals surface area contributed by atoms with Crippen molar-refractivity contribution in [2.45, 2.75) is 19.8 Å². The first-order valence-electron chi connectivity index (χ1n) is 5.46. The number of rotatable bonds is 4. The minimum atomic E-state index is 0.916. The van der Waals surface area contributed by atoms with E-state index in [0.717, 1.165) is 34.2 Å². The maximum Gasteiger partial charge on any atom is 0.137 e. The van der Waals surface area contributed by atoms with Crippen LogP contribution in [-0.2, 0) is 0 Å². The number of hydrogen-bond acceptors (Lipinski definition) is 3. The maximum atomic E-state index is 4.28. The molecule has 0 bridgehead atoms. The van der Waals surface area contributed by atoms with Gasteiger partial charge in [-0.1, -0.05) is 19.4 Å². The summed E-state index contributed by atoms with van der Waals surface area (Å²) in [6.45, 7) is 3.13. The molecule has 2 aromatic rings. The van der Waals surface area contributed by atoms with Crippen LogP contribution >= 0.6 is 15.9 Å². The molecule has 0 unspecified atom stereocenters. The molecular formula is C12H14BrN3. The lowest BCUT2D eigenvalue weighted by Crippen LogP contribution is -2.03. The second-order valence-corrected chi connectivity index (χ2v) is 4.49. The molecule has 1 heterocycles. The van der Waals surface area contributed by atoms with Gasteiger partial charge < -0.3 is 5.32 Å². The van der Waals surface area contributed by atoms with Gasteiger partial charge in [-0.25, -0.2) is 9.97 Å². The Morgan fingerprint density at radius 1 is 1.31 bits per heavy atom. The van der Waals surface area contributed by atoms with Crippen LogP contribution in [0, 0.1) is 0 Å². The molecule has 84 valence electrons. The van der Waals surface area contributed by atoms with Gasteiger partial charge in [0.1, 0.15) is 12.1 Å². The zero-order valence-corrected chi connectivity index (χ0v) is 10.8. The summed E-state index contributed by atoms with van der Waals surface area (Å²) in [6, 6.07) is 6.03. The topological polar surface area (TPSA) is 37.8 Å². The number of nitrogens with zero attached hydrogens (tertiary/aromatic N) is 2. The Balaban J connectivity index is 2.34. The first-order chi connectivity index (χ1) is 7.83. The number of hydrogen-bond donors (Lipinski definition) is 1. The summed E-state index contributed by atoms with van der Waals surface area (Å²) in [5.74, 6) is 0.916. The van der Waals surface area contributed by atoms with Crippen LogP contribution in [0.1, 0.15) is 19.8 Å². The van der Waals surface area contributed by atoms with Crippen LogP contribution in [0.2, 0.25) is 0 Å². The molecule has 3 nitrogen and oxygen atoms in total. The van der Waals surface area contributed by atoms with Crippen molar-refractivity contribution in [3.8, 4) is 0 Å². The van der Waals surface area contributed by atoms with Gasteiger partial charge in [-0.05, 0) is 34.5 Å². The number of anilines is 1. The van der Waals surface area contributed by atoms with E-state index in [1.165, 1.54) is 6.42 Å². The van der Waals surface area contributed by atoms with E-state index >= 15 is 0 Å². The maximum absolute atomic E-state index is 4.28.